The third kappa shape index (κ3) is 3.56. The Balaban J connectivity index is 2.47. The summed E-state index contributed by atoms with van der Waals surface area (Å²) in [7, 11) is 0. The zero-order chi connectivity index (χ0) is 14.2. The van der Waals surface area contributed by atoms with Gasteiger partial charge in [-0.05, 0) is 88.0 Å². The Labute approximate surface area is 152 Å². The minimum atomic E-state index is 0.0241. The van der Waals surface area contributed by atoms with E-state index in [4.69, 9.17) is 4.74 Å². The Bertz CT molecular complexity index is 643. The fourth-order valence-corrected chi connectivity index (χ4v) is 3.98. The highest BCUT2D eigenvalue weighted by Crippen LogP contribution is 2.47. The molecule has 2 aromatic carbocycles. The molecule has 19 heavy (non-hydrogen) atoms. The maximum Gasteiger partial charge on any atom is 0.184 e. The first kappa shape index (κ1) is 15.8. The van der Waals surface area contributed by atoms with Gasteiger partial charge in [-0.25, -0.2) is 0 Å². The zero-order valence-electron chi connectivity index (χ0n) is 9.05. The Hall–Kier alpha value is 0.440. The normalized spacial score (nSPS) is 10.6. The average Bonchev–Trinajstić information content (AvgIpc) is 2.34. The number of aromatic hydroxyl groups is 1. The predicted molar refractivity (Wildman–Crippen MR) is 93.1 cm³/mol. The fourth-order valence-electron chi connectivity index (χ4n) is 1.33. The number of hydrogen-bond donors (Lipinski definition) is 1. The molecule has 0 amide bonds. The Morgan fingerprint density at radius 3 is 2.16 bits per heavy atom. The minimum Gasteiger partial charge on any atom is -0.503 e. The molecule has 0 aromatic heterocycles. The summed E-state index contributed by atoms with van der Waals surface area (Å²) in [6.45, 7) is 0. The van der Waals surface area contributed by atoms with E-state index in [0.717, 1.165) is 13.4 Å². The number of hydrogen-bond acceptors (Lipinski definition) is 2. The van der Waals surface area contributed by atoms with Crippen molar-refractivity contribution >= 4 is 79.6 Å². The minimum absolute atomic E-state index is 0.0241. The van der Waals surface area contributed by atoms with Gasteiger partial charge in [0.05, 0.1) is 13.4 Å². The van der Waals surface area contributed by atoms with E-state index in [1.807, 2.05) is 12.1 Å². The Kier molecular flexibility index (Phi) is 5.39. The number of rotatable bonds is 2. The van der Waals surface area contributed by atoms with Crippen LogP contribution in [0.1, 0.15) is 0 Å². The Morgan fingerprint density at radius 1 is 0.842 bits per heavy atom. The second-order valence-corrected chi connectivity index (χ2v) is 7.78. The molecule has 0 saturated heterocycles. The van der Waals surface area contributed by atoms with Crippen LogP contribution >= 0.6 is 79.6 Å². The summed E-state index contributed by atoms with van der Waals surface area (Å²) in [5, 5.41) is 10.1. The summed E-state index contributed by atoms with van der Waals surface area (Å²) in [6.07, 6.45) is 0. The molecule has 0 radical (unpaired) electrons. The van der Waals surface area contributed by atoms with Crippen molar-refractivity contribution in [1.29, 1.82) is 0 Å². The molecule has 2 aromatic rings. The summed E-state index contributed by atoms with van der Waals surface area (Å²) in [4.78, 5) is 0. The van der Waals surface area contributed by atoms with Crippen molar-refractivity contribution in [3.63, 3.8) is 0 Å². The first-order valence-electron chi connectivity index (χ1n) is 4.89. The van der Waals surface area contributed by atoms with E-state index in [9.17, 15) is 5.11 Å². The van der Waals surface area contributed by atoms with Crippen molar-refractivity contribution in [2.24, 2.45) is 0 Å². The number of phenols is 1. The molecule has 2 nitrogen and oxygen atoms in total. The third-order valence-corrected chi connectivity index (χ3v) is 5.87. The molecule has 0 heterocycles. The number of ether oxygens (including phenoxy) is 1. The average molecular weight is 581 g/mol. The topological polar surface area (TPSA) is 29.5 Å². The van der Waals surface area contributed by atoms with Crippen LogP contribution in [0.3, 0.4) is 0 Å². The molecule has 100 valence electrons. The van der Waals surface area contributed by atoms with Crippen LogP contribution in [0.2, 0.25) is 0 Å². The number of phenolic OH excluding ortho intramolecular Hbond substituents is 1. The van der Waals surface area contributed by atoms with Crippen molar-refractivity contribution in [2.45, 2.75) is 0 Å². The van der Waals surface area contributed by atoms with Gasteiger partial charge in [0.2, 0.25) is 0 Å². The first-order chi connectivity index (χ1) is 8.90. The standard InChI is InChI=1S/C12H5Br5O2/c13-5-1-2-9(6(14)3-5)19-12-8(16)4-7(15)10(17)11(12)18/h1-4,18H. The SMILES string of the molecule is Oc1c(Br)c(Br)cc(Br)c1Oc1ccc(Br)cc1Br. The van der Waals surface area contributed by atoms with Crippen molar-refractivity contribution in [1.82, 2.24) is 0 Å². The van der Waals surface area contributed by atoms with Gasteiger partial charge < -0.3 is 9.84 Å². The van der Waals surface area contributed by atoms with Crippen LogP contribution in [-0.2, 0) is 0 Å². The lowest BCUT2D eigenvalue weighted by Gasteiger charge is -2.13. The van der Waals surface area contributed by atoms with Crippen LogP contribution < -0.4 is 4.74 Å². The lowest BCUT2D eigenvalue weighted by Crippen LogP contribution is -1.89. The van der Waals surface area contributed by atoms with Crippen molar-refractivity contribution < 1.29 is 9.84 Å². The molecular formula is C12H5Br5O2. The monoisotopic (exact) mass is 576 g/mol. The van der Waals surface area contributed by atoms with Crippen LogP contribution in [0.5, 0.6) is 17.2 Å². The highest BCUT2D eigenvalue weighted by atomic mass is 79.9. The molecule has 0 unspecified atom stereocenters. The van der Waals surface area contributed by atoms with Crippen LogP contribution in [0.4, 0.5) is 0 Å². The van der Waals surface area contributed by atoms with Crippen molar-refractivity contribution in [2.75, 3.05) is 0 Å². The highest BCUT2D eigenvalue weighted by molar-refractivity contribution is 9.13. The lowest BCUT2D eigenvalue weighted by atomic mass is 10.3. The summed E-state index contributed by atoms with van der Waals surface area (Å²) in [6, 6.07) is 7.33. The van der Waals surface area contributed by atoms with E-state index in [2.05, 4.69) is 79.6 Å². The Morgan fingerprint density at radius 2 is 1.53 bits per heavy atom. The summed E-state index contributed by atoms with van der Waals surface area (Å²) in [5.74, 6) is 0.975. The van der Waals surface area contributed by atoms with Gasteiger partial charge in [-0.3, -0.25) is 0 Å². The van der Waals surface area contributed by atoms with Crippen LogP contribution in [0.25, 0.3) is 0 Å². The van der Waals surface area contributed by atoms with Gasteiger partial charge in [-0.2, -0.15) is 0 Å². The lowest BCUT2D eigenvalue weighted by molar-refractivity contribution is 0.405. The van der Waals surface area contributed by atoms with E-state index >= 15 is 0 Å². The van der Waals surface area contributed by atoms with Crippen LogP contribution in [-0.4, -0.2) is 5.11 Å². The number of halogens is 5. The first-order valence-corrected chi connectivity index (χ1v) is 8.86. The molecule has 0 aliphatic rings. The summed E-state index contributed by atoms with van der Waals surface area (Å²) in [5.41, 5.74) is 0. The van der Waals surface area contributed by atoms with Crippen molar-refractivity contribution in [3.8, 4) is 17.2 Å². The zero-order valence-corrected chi connectivity index (χ0v) is 17.0. The van der Waals surface area contributed by atoms with Crippen LogP contribution in [0, 0.1) is 0 Å². The molecule has 7 heteroatoms. The molecule has 2 rings (SSSR count). The molecule has 0 fully saturated rings. The van der Waals surface area contributed by atoms with E-state index in [0.29, 0.717) is 20.4 Å². The van der Waals surface area contributed by atoms with Gasteiger partial charge in [0.1, 0.15) is 5.75 Å². The maximum absolute atomic E-state index is 10.1. The van der Waals surface area contributed by atoms with Gasteiger partial charge in [-0.1, -0.05) is 15.9 Å². The molecular weight excluding hydrogens is 576 g/mol. The summed E-state index contributed by atoms with van der Waals surface area (Å²) < 4.78 is 9.39. The van der Waals surface area contributed by atoms with Gasteiger partial charge in [-0.15, -0.1) is 0 Å². The second kappa shape index (κ2) is 6.47. The van der Waals surface area contributed by atoms with E-state index in [1.54, 1.807) is 12.1 Å². The smallest absolute Gasteiger partial charge is 0.184 e. The van der Waals surface area contributed by atoms with E-state index < -0.39 is 0 Å². The molecule has 0 atom stereocenters. The molecule has 0 spiro atoms. The molecule has 0 bridgehead atoms. The molecule has 0 saturated carbocycles. The maximum atomic E-state index is 10.1. The second-order valence-electron chi connectivity index (χ2n) is 3.51. The summed E-state index contributed by atoms with van der Waals surface area (Å²) >= 11 is 16.8. The largest absolute Gasteiger partial charge is 0.503 e. The van der Waals surface area contributed by atoms with Crippen LogP contribution in [0.15, 0.2) is 46.6 Å². The van der Waals surface area contributed by atoms with Gasteiger partial charge in [0.25, 0.3) is 0 Å². The van der Waals surface area contributed by atoms with Crippen molar-refractivity contribution in [3.05, 3.63) is 46.6 Å². The quantitative estimate of drug-likeness (QED) is 0.388. The molecule has 1 N–H and O–H groups in total. The fraction of sp³-hybridized carbons (Fsp3) is 0. The van der Waals surface area contributed by atoms with Gasteiger partial charge in [0, 0.05) is 8.95 Å². The molecule has 0 aliphatic heterocycles. The molecule has 0 aliphatic carbocycles. The third-order valence-electron chi connectivity index (χ3n) is 2.21. The van der Waals surface area contributed by atoms with E-state index in [-0.39, 0.29) is 5.75 Å². The van der Waals surface area contributed by atoms with Gasteiger partial charge in [0.15, 0.2) is 11.5 Å². The predicted octanol–water partition coefficient (Wildman–Crippen LogP) is 7.00. The number of benzene rings is 2. The van der Waals surface area contributed by atoms with Gasteiger partial charge >= 0.3 is 0 Å². The van der Waals surface area contributed by atoms with E-state index in [1.165, 1.54) is 0 Å². The highest BCUT2D eigenvalue weighted by Gasteiger charge is 2.16.